The quantitative estimate of drug-likeness (QED) is 0.0215. The third-order valence-electron chi connectivity index (χ3n) is 11.1. The Labute approximate surface area is 414 Å². The molecule has 0 spiro atoms. The fourth-order valence-electron chi connectivity index (χ4n) is 7.11. The number of nitrogens with two attached hydrogens (primary N) is 1. The number of nitrogen functional groups attached to an aromatic ring is 1. The summed E-state index contributed by atoms with van der Waals surface area (Å²) in [4.78, 5) is 99.8. The minimum absolute atomic E-state index is 0.132. The number of aliphatic carboxylic acids is 2. The summed E-state index contributed by atoms with van der Waals surface area (Å²) in [6.07, 6.45) is 16.2. The van der Waals surface area contributed by atoms with Gasteiger partial charge in [0.1, 0.15) is 42.4 Å². The number of aromatic nitrogens is 4. The van der Waals surface area contributed by atoms with Gasteiger partial charge in [0.2, 0.25) is 23.6 Å². The molecule has 0 aromatic carbocycles. The van der Waals surface area contributed by atoms with Crippen LogP contribution in [0.5, 0.6) is 0 Å². The van der Waals surface area contributed by atoms with Gasteiger partial charge in [-0.2, -0.15) is 0 Å². The van der Waals surface area contributed by atoms with Gasteiger partial charge >= 0.3 is 19.5 Å². The predicted octanol–water partition coefficient (Wildman–Crippen LogP) is 6.04. The van der Waals surface area contributed by atoms with Crippen molar-refractivity contribution < 1.29 is 57.7 Å². The van der Waals surface area contributed by atoms with E-state index < -0.39 is 92.6 Å². The second-order valence-electron chi connectivity index (χ2n) is 17.9. The fraction of sp³-hybridized carbons (Fsp3) is 0.756. The van der Waals surface area contributed by atoms with Crippen LogP contribution < -0.4 is 27.0 Å². The Hall–Kier alpha value is -4.02. The van der Waals surface area contributed by atoms with E-state index in [0.717, 1.165) is 40.9 Å². The first-order valence-corrected chi connectivity index (χ1v) is 28.4. The molecule has 0 aliphatic rings. The van der Waals surface area contributed by atoms with Crippen molar-refractivity contribution in [3.05, 3.63) is 12.7 Å². The molecule has 392 valence electrons. The van der Waals surface area contributed by atoms with Crippen molar-refractivity contribution in [2.24, 2.45) is 11.8 Å². The van der Waals surface area contributed by atoms with Crippen LogP contribution in [0, 0.1) is 11.8 Å². The van der Waals surface area contributed by atoms with Crippen LogP contribution in [0.15, 0.2) is 12.7 Å². The number of ether oxygens (including phenoxy) is 1. The highest BCUT2D eigenvalue weighted by molar-refractivity contribution is 8.76. The maximum atomic E-state index is 13.8. The van der Waals surface area contributed by atoms with E-state index in [9.17, 15) is 43.3 Å². The maximum absolute atomic E-state index is 13.8. The number of carbonyl (C=O) groups is 6. The summed E-state index contributed by atoms with van der Waals surface area (Å²) in [5.74, 6) is -5.84. The molecule has 2 aromatic heterocycles. The molecule has 0 fully saturated rings. The molecule has 0 bridgehead atoms. The molecular formula is C45H78N9O12PS2. The van der Waals surface area contributed by atoms with Gasteiger partial charge in [0.05, 0.1) is 25.6 Å². The van der Waals surface area contributed by atoms with Gasteiger partial charge in [0, 0.05) is 24.3 Å². The van der Waals surface area contributed by atoms with Gasteiger partial charge in [0.15, 0.2) is 11.5 Å². The number of unbranched alkanes of at least 4 members (excludes halogenated alkanes) is 12. The Morgan fingerprint density at radius 3 is 1.88 bits per heavy atom. The van der Waals surface area contributed by atoms with E-state index in [1.165, 1.54) is 70.4 Å². The molecule has 0 saturated heterocycles. The molecule has 21 nitrogen and oxygen atoms in total. The summed E-state index contributed by atoms with van der Waals surface area (Å²) in [6.45, 7) is 10.9. The van der Waals surface area contributed by atoms with Gasteiger partial charge < -0.3 is 55.9 Å². The van der Waals surface area contributed by atoms with Crippen LogP contribution in [-0.2, 0) is 49.1 Å². The highest BCUT2D eigenvalue weighted by atomic mass is 33.1. The van der Waals surface area contributed by atoms with Crippen molar-refractivity contribution in [3.63, 3.8) is 0 Å². The zero-order valence-corrected chi connectivity index (χ0v) is 43.7. The van der Waals surface area contributed by atoms with Crippen molar-refractivity contribution in [2.75, 3.05) is 30.2 Å². The second-order valence-corrected chi connectivity index (χ2v) is 22.3. The molecule has 0 saturated carbocycles. The van der Waals surface area contributed by atoms with Gasteiger partial charge in [-0.05, 0) is 31.6 Å². The molecule has 0 radical (unpaired) electrons. The molecule has 0 aliphatic heterocycles. The summed E-state index contributed by atoms with van der Waals surface area (Å²) < 4.78 is 25.2. The van der Waals surface area contributed by atoms with Gasteiger partial charge in [-0.1, -0.05) is 133 Å². The molecule has 0 aliphatic carbocycles. The molecular weight excluding hydrogens is 954 g/mol. The Morgan fingerprint density at radius 2 is 1.30 bits per heavy atom. The average molecular weight is 1030 g/mol. The highest BCUT2D eigenvalue weighted by Gasteiger charge is 2.34. The first-order valence-electron chi connectivity index (χ1n) is 24.1. The zero-order valence-electron chi connectivity index (χ0n) is 41.2. The lowest BCUT2D eigenvalue weighted by atomic mass is 9.99. The van der Waals surface area contributed by atoms with Crippen LogP contribution in [0.1, 0.15) is 144 Å². The van der Waals surface area contributed by atoms with E-state index in [4.69, 9.17) is 20.1 Å². The number of hydrogen-bond acceptors (Lipinski definition) is 15. The molecule has 1 unspecified atom stereocenters. The van der Waals surface area contributed by atoms with Gasteiger partial charge in [-0.3, -0.25) is 28.5 Å². The van der Waals surface area contributed by atoms with Crippen LogP contribution in [0.4, 0.5) is 5.82 Å². The minimum atomic E-state index is -4.20. The number of hydrogen-bond donors (Lipinski definition) is 8. The number of carboxylic acid groups (broad SMARTS) is 2. The lowest BCUT2D eigenvalue weighted by Gasteiger charge is -2.28. The maximum Gasteiger partial charge on any atom is 0.353 e. The van der Waals surface area contributed by atoms with E-state index in [1.54, 1.807) is 39.2 Å². The number of anilines is 1. The van der Waals surface area contributed by atoms with E-state index in [2.05, 4.69) is 43.1 Å². The number of imidazole rings is 1. The average Bonchev–Trinajstić information content (AvgIpc) is 3.70. The van der Waals surface area contributed by atoms with Gasteiger partial charge in [0.25, 0.3) is 0 Å². The number of nitrogens with one attached hydrogen (secondary N) is 4. The number of nitrogens with zero attached hydrogens (tertiary/aromatic N) is 4. The molecule has 69 heavy (non-hydrogen) atoms. The van der Waals surface area contributed by atoms with Crippen molar-refractivity contribution in [3.8, 4) is 0 Å². The third-order valence-corrected chi connectivity index (χ3v) is 14.5. The van der Waals surface area contributed by atoms with Crippen LogP contribution in [-0.4, -0.2) is 125 Å². The van der Waals surface area contributed by atoms with Crippen LogP contribution in [0.25, 0.3) is 11.2 Å². The highest BCUT2D eigenvalue weighted by Crippen LogP contribution is 2.42. The predicted molar refractivity (Wildman–Crippen MR) is 268 cm³/mol. The Balaban J connectivity index is 1.94. The zero-order chi connectivity index (χ0) is 51.4. The van der Waals surface area contributed by atoms with E-state index in [0.29, 0.717) is 17.6 Å². The summed E-state index contributed by atoms with van der Waals surface area (Å²) in [5, 5.41) is 29.3. The second kappa shape index (κ2) is 33.5. The van der Waals surface area contributed by atoms with Crippen molar-refractivity contribution in [1.29, 1.82) is 0 Å². The lowest BCUT2D eigenvalue weighted by molar-refractivity contribution is -0.143. The number of carboxylic acids is 2. The topological polar surface area (TPSA) is 316 Å². The first-order chi connectivity index (χ1) is 32.8. The molecule has 6 atom stereocenters. The van der Waals surface area contributed by atoms with Crippen LogP contribution in [0.3, 0.4) is 0 Å². The van der Waals surface area contributed by atoms with Gasteiger partial charge in [-0.15, -0.1) is 0 Å². The van der Waals surface area contributed by atoms with Crippen molar-refractivity contribution in [2.45, 2.75) is 181 Å². The van der Waals surface area contributed by atoms with E-state index in [1.807, 2.05) is 0 Å². The molecule has 4 amide bonds. The smallest absolute Gasteiger partial charge is 0.353 e. The number of amides is 4. The number of rotatable bonds is 39. The summed E-state index contributed by atoms with van der Waals surface area (Å²) in [6, 6.07) is -5.06. The minimum Gasteiger partial charge on any atom is -0.481 e. The van der Waals surface area contributed by atoms with E-state index >= 15 is 0 Å². The fourth-order valence-corrected chi connectivity index (χ4v) is 10.1. The summed E-state index contributed by atoms with van der Waals surface area (Å²) in [7, 11) is -1.98. The largest absolute Gasteiger partial charge is 0.481 e. The van der Waals surface area contributed by atoms with Crippen molar-refractivity contribution in [1.82, 2.24) is 40.8 Å². The molecule has 24 heteroatoms. The number of fused-ring (bicyclic) bond motifs is 1. The molecule has 2 rings (SSSR count). The Bertz CT molecular complexity index is 1950. The van der Waals surface area contributed by atoms with Gasteiger partial charge in [-0.25, -0.2) is 19.7 Å². The van der Waals surface area contributed by atoms with E-state index in [-0.39, 0.29) is 48.7 Å². The monoisotopic (exact) mass is 1030 g/mol. The number of carbonyl (C=O) groups excluding carboxylic acids is 4. The summed E-state index contributed by atoms with van der Waals surface area (Å²) >= 11 is 0. The van der Waals surface area contributed by atoms with Crippen LogP contribution >= 0.6 is 29.2 Å². The molecule has 9 N–H and O–H groups in total. The Morgan fingerprint density at radius 1 is 0.739 bits per heavy atom. The SMILES string of the molecule is CCCCCCCCCCCCCCCC(=O)N[C@H](C(=O)N[C@H](C(=O)N[C@@H](CSSCCOP(=O)(O)CO[C@H](C)Cn1cnc2c(N)ncnc21)C(=O)N[C@@H](CCC(=O)O)C(=O)O)C(C)C)C(C)C. The summed E-state index contributed by atoms with van der Waals surface area (Å²) in [5.41, 5.74) is 6.74. The molecule has 2 aromatic rings. The Kier molecular flexibility index (Phi) is 29.7. The van der Waals surface area contributed by atoms with Crippen LogP contribution in [0.2, 0.25) is 0 Å². The standard InChI is InChI=1S/C45H78N9O12PS2/c1-7-8-9-10-11-12-13-14-15-16-17-18-19-20-35(55)52-37(30(2)3)44(60)53-38(31(4)5)43(59)51-34(42(58)50-33(45(61)62)21-22-36(56)57)26-69-68-24-23-66-67(63,64)29-65-32(6)25-54-28-49-39-40(46)47-27-48-41(39)54/h27-28,30-34,37-38H,7-26,29H2,1-6H3,(H,50,58)(H,51,59)(H,52,55)(H,53,60)(H,56,57)(H,61,62)(H,63,64)(H2,46,47,48)/t32-,33+,34+,37+,38+/m1/s1. The van der Waals surface area contributed by atoms with Crippen molar-refractivity contribution >= 4 is 81.7 Å². The first kappa shape index (κ1) is 61.1. The normalized spacial score (nSPS) is 14.7. The molecule has 2 heterocycles. The third kappa shape index (κ3) is 25.1. The lowest BCUT2D eigenvalue weighted by Crippen LogP contribution is -2.60.